The Morgan fingerprint density at radius 2 is 0.933 bits per heavy atom. The van der Waals surface area contributed by atoms with Crippen molar-refractivity contribution in [2.24, 2.45) is 23.7 Å². The molecule has 0 spiro atoms. The molecule has 0 aliphatic carbocycles. The molecule has 0 saturated carbocycles. The Balaban J connectivity index is -0.000000268. The Kier molecular flexibility index (Phi) is 53.2. The maximum Gasteiger partial charge on any atom is 2.00 e. The van der Waals surface area contributed by atoms with Gasteiger partial charge in [-0.05, 0) is 108 Å². The molecule has 4 aromatic carbocycles. The molecule has 6 N–H and O–H groups in total. The minimum absolute atomic E-state index is 0. The van der Waals surface area contributed by atoms with Gasteiger partial charge in [0.1, 0.15) is 35.3 Å². The predicted octanol–water partition coefficient (Wildman–Crippen LogP) is -0.258. The molecule has 0 radical (unpaired) electrons. The van der Waals surface area contributed by atoms with E-state index in [0.717, 1.165) is 32.7 Å². The van der Waals surface area contributed by atoms with E-state index in [1.54, 1.807) is 24.5 Å². The Bertz CT molecular complexity index is 3230. The van der Waals surface area contributed by atoms with E-state index in [-0.39, 0.29) is 287 Å². The summed E-state index contributed by atoms with van der Waals surface area (Å²) in [5, 5.41) is 16.8. The summed E-state index contributed by atoms with van der Waals surface area (Å²) in [6.07, 6.45) is 4.48. The minimum Gasteiger partial charge on any atom is -1.00 e. The summed E-state index contributed by atoms with van der Waals surface area (Å²) in [4.78, 5) is 113. The van der Waals surface area contributed by atoms with Crippen LogP contribution in [0.1, 0.15) is 101 Å². The second-order valence-corrected chi connectivity index (χ2v) is 20.4. The Hall–Kier alpha value is -3.12. The molecule has 4 heterocycles. The van der Waals surface area contributed by atoms with Gasteiger partial charge in [0.2, 0.25) is 23.6 Å². The number of H-pyrrole nitrogens is 2. The van der Waals surface area contributed by atoms with Crippen molar-refractivity contribution >= 4 is 188 Å². The van der Waals surface area contributed by atoms with Gasteiger partial charge in [-0.15, -0.1) is 0 Å². The number of fused-ring (bicyclic) bond motifs is 6. The van der Waals surface area contributed by atoms with E-state index in [4.69, 9.17) is 4.74 Å². The van der Waals surface area contributed by atoms with E-state index >= 15 is 0 Å². The normalized spacial score (nSPS) is 18.6. The molecule has 4 bridgehead atoms. The number of ketones is 2. The summed E-state index contributed by atoms with van der Waals surface area (Å²) in [7, 11) is 4.12. The number of carboxylic acids is 1. The van der Waals surface area contributed by atoms with Crippen molar-refractivity contribution in [1.82, 2.24) is 30.4 Å². The number of carboxylic acid groups (broad SMARTS) is 1. The quantitative estimate of drug-likeness (QED) is 0.107. The van der Waals surface area contributed by atoms with Crippen molar-refractivity contribution in [3.63, 3.8) is 0 Å². The second-order valence-electron chi connectivity index (χ2n) is 20.4. The molecule has 0 saturated heterocycles. The van der Waals surface area contributed by atoms with Gasteiger partial charge in [-0.3, -0.25) is 28.8 Å². The molecule has 29 heteroatoms. The van der Waals surface area contributed by atoms with Crippen molar-refractivity contribution in [3.8, 4) is 0 Å². The molecule has 0 fully saturated rings. The number of nitrogens with zero attached hydrogens (tertiary/aromatic N) is 2. The van der Waals surface area contributed by atoms with Crippen LogP contribution in [0.2, 0.25) is 0 Å². The van der Waals surface area contributed by atoms with Crippen LogP contribution in [0.3, 0.4) is 0 Å². The number of aromatic nitrogens is 2. The summed E-state index contributed by atoms with van der Waals surface area (Å²) in [6.45, 7) is 4.25. The zero-order chi connectivity index (χ0) is 55.5. The first-order valence-corrected chi connectivity index (χ1v) is 25.9. The molecule has 6 atom stereocenters. The number of rotatable bonds is 6. The zero-order valence-corrected chi connectivity index (χ0v) is 61.6. The maximum atomic E-state index is 14.0. The average molecular weight is 1440 g/mol. The molecule has 4 amide bonds. The predicted molar refractivity (Wildman–Crippen MR) is 367 cm³/mol. The molecule has 17 nitrogen and oxygen atoms in total. The molecule has 2 aliphatic heterocycles. The summed E-state index contributed by atoms with van der Waals surface area (Å²) < 4.78 is 33.0. The number of aromatic amines is 2. The van der Waals surface area contributed by atoms with Gasteiger partial charge in [0.05, 0.1) is 7.11 Å². The molecule has 494 valence electrons. The minimum atomic E-state index is -1.24. The molecular weight excluding hydrogens is 1360 g/mol. The number of carbonyl (C=O) groups excluding carboxylic acids is 7. The fourth-order valence-electron chi connectivity index (χ4n) is 10.3. The van der Waals surface area contributed by atoms with Crippen LogP contribution in [0.4, 0.5) is 8.78 Å². The molecule has 90 heavy (non-hydrogen) atoms. The van der Waals surface area contributed by atoms with Crippen molar-refractivity contribution in [2.75, 3.05) is 21.2 Å². The van der Waals surface area contributed by atoms with Crippen molar-refractivity contribution in [3.05, 3.63) is 142 Å². The number of hydrogen-bond acceptors (Lipinski definition) is 10. The topological polar surface area (TPSA) is 258 Å². The van der Waals surface area contributed by atoms with Gasteiger partial charge in [0.25, 0.3) is 0 Å². The first-order valence-electron chi connectivity index (χ1n) is 25.9. The Labute approximate surface area is 633 Å². The van der Waals surface area contributed by atoms with Gasteiger partial charge < -0.3 is 70.5 Å². The number of amides is 4. The number of methoxy groups -OCH3 is 1. The maximum absolute atomic E-state index is 14.0. The number of carbonyl (C=O) groups is 8. The van der Waals surface area contributed by atoms with Gasteiger partial charge >= 0.3 is 79.2 Å². The van der Waals surface area contributed by atoms with Crippen LogP contribution in [0.5, 0.6) is 0 Å². The van der Waals surface area contributed by atoms with Gasteiger partial charge in [0.15, 0.2) is 0 Å². The molecule has 2 aliphatic rings. The summed E-state index contributed by atoms with van der Waals surface area (Å²) in [6, 6.07) is 21.8. The third kappa shape index (κ3) is 27.7. The van der Waals surface area contributed by atoms with E-state index in [1.165, 1.54) is 50.4 Å². The van der Waals surface area contributed by atoms with Gasteiger partial charge in [0, 0.05) is 111 Å². The standard InChI is InChI=1S/C30H34FN3O5.C29H32FN3O5.2CH4.Ca.2ClH.Na.H2O.6H2S/c1-18-11-19-5-4-6-20(12-19)16-33-28(36)10-9-26(30(38)39-3)34(2)29(37)21(14-27(18)35)13-22-17-32-25-8-7-23(31)15-24(22)25;1-17-10-18-4-3-5-19(11-18)15-32-27(35)9-8-25(29(37)38)33(2)28(36)20(13-26(17)34)12-21-16-31-24-7-6-22(30)14-23(21)24;;;;;;;;;;;;;/h4-8,12,15,17-18,21,26,32H,9-11,13-14,16H2,1-3H3,(H,33,36);3-7,11,14,16-17,20,25,31H,8-10,12-13,15H2,1-2H3,(H,32,35)(H,37,38);2*1H4;;2*1H;;7*1H2/q;;;;+2;;;+1;;;;;;;/p-3/t18-,21+,26-;17-,20+,25-;;;;;;;;;;;;;/m00............./s1. The first-order chi connectivity index (χ1) is 36.8. The van der Waals surface area contributed by atoms with Crippen molar-refractivity contribution in [2.45, 2.75) is 118 Å². The number of Topliss-reactive ketones (excluding diaryl/α,β-unsaturated/α-hetero) is 2. The van der Waals surface area contributed by atoms with Crippen LogP contribution in [0, 0.1) is 35.3 Å². The van der Waals surface area contributed by atoms with Crippen LogP contribution >= 0.6 is 81.0 Å². The monoisotopic (exact) mass is 1440 g/mol. The summed E-state index contributed by atoms with van der Waals surface area (Å²) >= 11 is 0. The largest absolute Gasteiger partial charge is 2.00 e. The number of hydrogen-bond donors (Lipinski definition) is 5. The van der Waals surface area contributed by atoms with E-state index in [9.17, 15) is 52.2 Å². The van der Waals surface area contributed by atoms with Crippen LogP contribution in [-0.4, -0.2) is 149 Å². The Morgan fingerprint density at radius 1 is 0.578 bits per heavy atom. The number of nitrogens with one attached hydrogen (secondary N) is 4. The number of halogens is 4. The first kappa shape index (κ1) is 100. The second kappa shape index (κ2) is 47.7. The third-order valence-corrected chi connectivity index (χ3v) is 14.8. The summed E-state index contributed by atoms with van der Waals surface area (Å²) in [5.74, 6) is -6.74. The van der Waals surface area contributed by atoms with Crippen LogP contribution in [0.25, 0.3) is 21.8 Å². The number of aliphatic carboxylic acids is 1. The van der Waals surface area contributed by atoms with E-state index in [2.05, 4.69) is 20.6 Å². The molecular formula is C61H87CaCl2F2N6NaO11S6. The number of esters is 1. The number of likely N-dealkylation sites (N-methyl/N-ethyl adjacent to an activating group) is 2. The van der Waals surface area contributed by atoms with Crippen LogP contribution in [-0.2, 0) is 81.9 Å². The average Bonchev–Trinajstić information content (AvgIpc) is 2.36. The van der Waals surface area contributed by atoms with Gasteiger partial charge in [-0.1, -0.05) is 77.2 Å². The SMILES string of the molecule is C.C.COC(=O)[C@@H]1CCC(=O)NCc2cccc(c2)C[C@H](C)C(=O)C[C@@H](Cc2c[nH]c3ccc(F)cc23)C(=O)N1C.C[C@H]1Cc2cccc(c2)CNC(=O)CC[C@@H](C(=O)O)N(C)C(=O)[C@H](Cc2c[nH]c3ccc(F)cc23)CC1=O.S.S.S.S.S.S.[Ca+2].[Cl-].[Cl-].[Na+].[OH-]. The van der Waals surface area contributed by atoms with Gasteiger partial charge in [-0.25, -0.2) is 18.4 Å². The molecule has 8 rings (SSSR count). The Morgan fingerprint density at radius 3 is 1.30 bits per heavy atom. The fourth-order valence-corrected chi connectivity index (χ4v) is 10.3. The van der Waals surface area contributed by atoms with Crippen molar-refractivity contribution < 1.29 is 117 Å². The van der Waals surface area contributed by atoms with E-state index < -0.39 is 59.3 Å². The number of ether oxygens (including phenoxy) is 1. The number of benzene rings is 4. The van der Waals surface area contributed by atoms with E-state index in [1.807, 2.05) is 62.4 Å². The smallest absolute Gasteiger partial charge is 1.00 e. The zero-order valence-electron chi connectivity index (χ0n) is 49.9. The third-order valence-electron chi connectivity index (χ3n) is 14.8. The fraction of sp³-hybridized carbons (Fsp3) is 0.410. The van der Waals surface area contributed by atoms with E-state index in [0.29, 0.717) is 46.8 Å². The summed E-state index contributed by atoms with van der Waals surface area (Å²) in [5.41, 5.74) is 6.49. The van der Waals surface area contributed by atoms with Crippen LogP contribution < -0.4 is 65.0 Å². The van der Waals surface area contributed by atoms with Crippen molar-refractivity contribution in [1.29, 1.82) is 0 Å². The molecule has 2 aromatic heterocycles. The molecule has 6 aromatic rings. The van der Waals surface area contributed by atoms with Gasteiger partial charge in [-0.2, -0.15) is 81.0 Å². The van der Waals surface area contributed by atoms with Crippen LogP contribution in [0.15, 0.2) is 97.3 Å². The molecule has 0 unspecified atom stereocenters.